The Kier molecular flexibility index (Phi) is 4.57. The van der Waals surface area contributed by atoms with Crippen LogP contribution >= 0.6 is 0 Å². The third-order valence-electron chi connectivity index (χ3n) is 3.73. The van der Waals surface area contributed by atoms with Gasteiger partial charge in [0.1, 0.15) is 0 Å². The SMILES string of the molecule is CC(C)(C)[Si](C)(C)OCCC1=CCCC=C1. The van der Waals surface area contributed by atoms with Crippen LogP contribution in [0.15, 0.2) is 23.8 Å². The van der Waals surface area contributed by atoms with Gasteiger partial charge in [0.2, 0.25) is 0 Å². The van der Waals surface area contributed by atoms with Gasteiger partial charge in [-0.2, -0.15) is 0 Å². The molecule has 0 unspecified atom stereocenters. The van der Waals surface area contributed by atoms with E-state index in [9.17, 15) is 0 Å². The highest BCUT2D eigenvalue weighted by Gasteiger charge is 2.36. The molecule has 1 nitrogen and oxygen atoms in total. The standard InChI is InChI=1S/C14H26OSi/c1-14(2,3)16(4,5)15-12-11-13-9-7-6-8-10-13/h7,9-10H,6,8,11-12H2,1-5H3. The number of allylic oxidation sites excluding steroid dienone is 3. The summed E-state index contributed by atoms with van der Waals surface area (Å²) in [7, 11) is -1.54. The molecule has 0 aromatic heterocycles. The molecule has 16 heavy (non-hydrogen) atoms. The van der Waals surface area contributed by atoms with E-state index in [2.05, 4.69) is 52.1 Å². The summed E-state index contributed by atoms with van der Waals surface area (Å²) in [5.74, 6) is 0. The van der Waals surface area contributed by atoms with E-state index in [0.717, 1.165) is 13.0 Å². The predicted octanol–water partition coefficient (Wildman–Crippen LogP) is 4.67. The predicted molar refractivity (Wildman–Crippen MR) is 74.2 cm³/mol. The molecular formula is C14H26OSi. The van der Waals surface area contributed by atoms with Gasteiger partial charge in [-0.25, -0.2) is 0 Å². The third kappa shape index (κ3) is 3.91. The van der Waals surface area contributed by atoms with E-state index in [4.69, 9.17) is 4.43 Å². The molecule has 0 fully saturated rings. The normalized spacial score (nSPS) is 17.4. The highest BCUT2D eigenvalue weighted by atomic mass is 28.4. The summed E-state index contributed by atoms with van der Waals surface area (Å²) in [4.78, 5) is 0. The van der Waals surface area contributed by atoms with Gasteiger partial charge in [0.15, 0.2) is 8.32 Å². The largest absolute Gasteiger partial charge is 0.416 e. The Morgan fingerprint density at radius 2 is 1.94 bits per heavy atom. The van der Waals surface area contributed by atoms with Gasteiger partial charge in [-0.05, 0) is 37.4 Å². The van der Waals surface area contributed by atoms with E-state index in [1.54, 1.807) is 0 Å². The minimum absolute atomic E-state index is 0.323. The second kappa shape index (κ2) is 5.33. The molecule has 0 radical (unpaired) electrons. The zero-order valence-electron chi connectivity index (χ0n) is 11.5. The molecule has 0 amide bonds. The first-order valence-electron chi connectivity index (χ1n) is 6.32. The first-order chi connectivity index (χ1) is 7.33. The fourth-order valence-electron chi connectivity index (χ4n) is 1.49. The van der Waals surface area contributed by atoms with Crippen molar-refractivity contribution in [3.63, 3.8) is 0 Å². The minimum Gasteiger partial charge on any atom is -0.416 e. The average Bonchev–Trinajstić information content (AvgIpc) is 2.17. The second-order valence-corrected chi connectivity index (χ2v) is 10.9. The molecule has 0 N–H and O–H groups in total. The summed E-state index contributed by atoms with van der Waals surface area (Å²) in [5.41, 5.74) is 1.45. The maximum Gasteiger partial charge on any atom is 0.191 e. The second-order valence-electron chi connectivity index (χ2n) is 6.12. The third-order valence-corrected chi connectivity index (χ3v) is 8.27. The highest BCUT2D eigenvalue weighted by Crippen LogP contribution is 2.36. The van der Waals surface area contributed by atoms with Gasteiger partial charge in [-0.15, -0.1) is 0 Å². The van der Waals surface area contributed by atoms with E-state index in [1.165, 1.54) is 18.4 Å². The van der Waals surface area contributed by atoms with E-state index in [1.807, 2.05) is 0 Å². The van der Waals surface area contributed by atoms with Crippen molar-refractivity contribution in [2.24, 2.45) is 0 Å². The van der Waals surface area contributed by atoms with Gasteiger partial charge in [0, 0.05) is 6.61 Å². The first-order valence-corrected chi connectivity index (χ1v) is 9.23. The van der Waals surface area contributed by atoms with E-state index in [0.29, 0.717) is 5.04 Å². The minimum atomic E-state index is -1.54. The van der Waals surface area contributed by atoms with Crippen molar-refractivity contribution in [2.45, 2.75) is 58.2 Å². The van der Waals surface area contributed by atoms with E-state index in [-0.39, 0.29) is 0 Å². The molecule has 0 atom stereocenters. The molecule has 2 heteroatoms. The molecule has 0 heterocycles. The summed E-state index contributed by atoms with van der Waals surface area (Å²) >= 11 is 0. The van der Waals surface area contributed by atoms with Crippen molar-refractivity contribution in [1.29, 1.82) is 0 Å². The Morgan fingerprint density at radius 3 is 2.44 bits per heavy atom. The zero-order valence-corrected chi connectivity index (χ0v) is 12.5. The molecule has 0 saturated carbocycles. The zero-order chi connectivity index (χ0) is 12.2. The number of rotatable bonds is 4. The lowest BCUT2D eigenvalue weighted by Crippen LogP contribution is -2.41. The van der Waals surface area contributed by atoms with Crippen LogP contribution in [0.4, 0.5) is 0 Å². The molecule has 0 aromatic rings. The summed E-state index contributed by atoms with van der Waals surface area (Å²) < 4.78 is 6.16. The van der Waals surface area contributed by atoms with Crippen molar-refractivity contribution in [3.8, 4) is 0 Å². The van der Waals surface area contributed by atoms with Crippen LogP contribution in [0.1, 0.15) is 40.0 Å². The molecule has 1 rings (SSSR count). The fraction of sp³-hybridized carbons (Fsp3) is 0.714. The maximum absolute atomic E-state index is 6.16. The molecular weight excluding hydrogens is 212 g/mol. The lowest BCUT2D eigenvalue weighted by Gasteiger charge is -2.36. The average molecular weight is 238 g/mol. The molecule has 0 saturated heterocycles. The lowest BCUT2D eigenvalue weighted by atomic mass is 10.1. The van der Waals surface area contributed by atoms with Crippen molar-refractivity contribution < 1.29 is 4.43 Å². The van der Waals surface area contributed by atoms with E-state index < -0.39 is 8.32 Å². The molecule has 1 aliphatic rings. The maximum atomic E-state index is 6.16. The van der Waals surface area contributed by atoms with Crippen LogP contribution in [-0.2, 0) is 4.43 Å². The van der Waals surface area contributed by atoms with E-state index >= 15 is 0 Å². The van der Waals surface area contributed by atoms with Gasteiger partial charge in [0.05, 0.1) is 0 Å². The van der Waals surface area contributed by atoms with Crippen molar-refractivity contribution >= 4 is 8.32 Å². The van der Waals surface area contributed by atoms with Crippen LogP contribution in [0.3, 0.4) is 0 Å². The van der Waals surface area contributed by atoms with Gasteiger partial charge >= 0.3 is 0 Å². The molecule has 0 bridgehead atoms. The van der Waals surface area contributed by atoms with Gasteiger partial charge in [-0.1, -0.05) is 44.6 Å². The fourth-order valence-corrected chi connectivity index (χ4v) is 2.54. The first kappa shape index (κ1) is 13.7. The topological polar surface area (TPSA) is 9.23 Å². The number of hydrogen-bond donors (Lipinski definition) is 0. The summed E-state index contributed by atoms with van der Waals surface area (Å²) in [6, 6.07) is 0. The van der Waals surface area contributed by atoms with Crippen LogP contribution < -0.4 is 0 Å². The molecule has 0 aromatic carbocycles. The molecule has 0 spiro atoms. The van der Waals surface area contributed by atoms with Crippen LogP contribution in [-0.4, -0.2) is 14.9 Å². The Hall–Kier alpha value is -0.343. The quantitative estimate of drug-likeness (QED) is 0.646. The Balaban J connectivity index is 2.35. The summed E-state index contributed by atoms with van der Waals surface area (Å²) in [6.07, 6.45) is 10.3. The van der Waals surface area contributed by atoms with Gasteiger partial charge in [-0.3, -0.25) is 0 Å². The molecule has 92 valence electrons. The summed E-state index contributed by atoms with van der Waals surface area (Å²) in [6.45, 7) is 12.4. The van der Waals surface area contributed by atoms with Crippen molar-refractivity contribution in [1.82, 2.24) is 0 Å². The smallest absolute Gasteiger partial charge is 0.191 e. The van der Waals surface area contributed by atoms with Crippen LogP contribution in [0.5, 0.6) is 0 Å². The van der Waals surface area contributed by atoms with Crippen LogP contribution in [0.25, 0.3) is 0 Å². The van der Waals surface area contributed by atoms with Crippen LogP contribution in [0, 0.1) is 0 Å². The Labute approximate surface area is 102 Å². The number of hydrogen-bond acceptors (Lipinski definition) is 1. The Bertz CT molecular complexity index is 282. The highest BCUT2D eigenvalue weighted by molar-refractivity contribution is 6.74. The van der Waals surface area contributed by atoms with Gasteiger partial charge < -0.3 is 4.43 Å². The molecule has 1 aliphatic carbocycles. The van der Waals surface area contributed by atoms with Gasteiger partial charge in [0.25, 0.3) is 0 Å². The van der Waals surface area contributed by atoms with Crippen molar-refractivity contribution in [2.75, 3.05) is 6.61 Å². The van der Waals surface area contributed by atoms with Crippen LogP contribution in [0.2, 0.25) is 18.1 Å². The summed E-state index contributed by atoms with van der Waals surface area (Å²) in [5, 5.41) is 0.323. The monoisotopic (exact) mass is 238 g/mol. The Morgan fingerprint density at radius 1 is 1.25 bits per heavy atom. The van der Waals surface area contributed by atoms with Crippen molar-refractivity contribution in [3.05, 3.63) is 23.8 Å². The molecule has 0 aliphatic heterocycles. The lowest BCUT2D eigenvalue weighted by molar-refractivity contribution is 0.292.